The monoisotopic (exact) mass is 558 g/mol. The summed E-state index contributed by atoms with van der Waals surface area (Å²) in [5.41, 5.74) is 0.611. The van der Waals surface area contributed by atoms with Crippen LogP contribution in [0.1, 0.15) is 6.92 Å². The van der Waals surface area contributed by atoms with Crippen LogP contribution in [0.3, 0.4) is 0 Å². The van der Waals surface area contributed by atoms with Gasteiger partial charge in [0.15, 0.2) is 5.58 Å². The highest BCUT2D eigenvalue weighted by atomic mass is 32.2. The summed E-state index contributed by atoms with van der Waals surface area (Å²) in [7, 11) is -2.52. The molecule has 0 saturated heterocycles. The van der Waals surface area contributed by atoms with Crippen molar-refractivity contribution in [2.75, 3.05) is 29.5 Å². The Morgan fingerprint density at radius 1 is 1.13 bits per heavy atom. The molecule has 0 spiro atoms. The van der Waals surface area contributed by atoms with Crippen molar-refractivity contribution in [2.24, 2.45) is 0 Å². The number of fused-ring (bicyclic) bond motifs is 1. The number of anilines is 2. The smallest absolute Gasteiger partial charge is 0.296 e. The second-order valence-corrected chi connectivity index (χ2v) is 10.2. The van der Waals surface area contributed by atoms with E-state index in [1.165, 1.54) is 43.5 Å². The van der Waals surface area contributed by atoms with Crippen LogP contribution in [0.15, 0.2) is 75.2 Å². The van der Waals surface area contributed by atoms with Crippen molar-refractivity contribution in [3.8, 4) is 11.5 Å². The number of hydrogen-bond acceptors (Lipinski definition) is 10. The van der Waals surface area contributed by atoms with Crippen molar-refractivity contribution in [3.05, 3.63) is 70.8 Å². The molecule has 0 radical (unpaired) electrons. The number of nitro groups is 1. The number of oxazole rings is 1. The summed E-state index contributed by atoms with van der Waals surface area (Å²) < 4.78 is 44.4. The first kappa shape index (κ1) is 26.8. The lowest BCUT2D eigenvalue weighted by Gasteiger charge is -2.11. The van der Waals surface area contributed by atoms with Crippen molar-refractivity contribution >= 4 is 55.9 Å². The number of rotatable bonds is 11. The van der Waals surface area contributed by atoms with Crippen LogP contribution in [-0.2, 0) is 14.8 Å². The molecule has 1 aromatic heterocycles. The minimum absolute atomic E-state index is 0.0269. The molecule has 0 fully saturated rings. The van der Waals surface area contributed by atoms with Crippen molar-refractivity contribution in [3.63, 3.8) is 0 Å². The first-order valence-electron chi connectivity index (χ1n) is 11.1. The van der Waals surface area contributed by atoms with Crippen LogP contribution in [0.25, 0.3) is 11.1 Å². The number of nitrogens with zero attached hydrogens (tertiary/aromatic N) is 2. The Bertz CT molecular complexity index is 1600. The van der Waals surface area contributed by atoms with E-state index in [1.807, 2.05) is 0 Å². The molecule has 0 atom stereocenters. The Morgan fingerprint density at radius 3 is 2.66 bits per heavy atom. The van der Waals surface area contributed by atoms with Gasteiger partial charge in [0.1, 0.15) is 22.7 Å². The Balaban J connectivity index is 1.45. The first-order valence-corrected chi connectivity index (χ1v) is 13.6. The lowest BCUT2D eigenvalue weighted by atomic mass is 10.2. The van der Waals surface area contributed by atoms with Gasteiger partial charge in [-0.2, -0.15) is 0 Å². The molecule has 2 N–H and O–H groups in total. The fourth-order valence-corrected chi connectivity index (χ4v) is 5.11. The molecular formula is C24H22N4O8S2. The highest BCUT2D eigenvalue weighted by Crippen LogP contribution is 2.31. The topological polar surface area (TPSA) is 163 Å². The molecule has 4 aromatic rings. The zero-order valence-electron chi connectivity index (χ0n) is 20.2. The number of methoxy groups -OCH3 is 1. The van der Waals surface area contributed by atoms with E-state index in [0.717, 1.165) is 11.8 Å². The van der Waals surface area contributed by atoms with Gasteiger partial charge >= 0.3 is 0 Å². The number of amides is 1. The Hall–Kier alpha value is -4.30. The molecule has 14 heteroatoms. The second-order valence-electron chi connectivity index (χ2n) is 7.62. The molecule has 0 saturated carbocycles. The first-order chi connectivity index (χ1) is 18.2. The Kier molecular flexibility index (Phi) is 8.02. The van der Waals surface area contributed by atoms with E-state index in [0.29, 0.717) is 23.7 Å². The average Bonchev–Trinajstić information content (AvgIpc) is 3.31. The van der Waals surface area contributed by atoms with Crippen molar-refractivity contribution in [2.45, 2.75) is 17.0 Å². The van der Waals surface area contributed by atoms with Crippen LogP contribution in [0.2, 0.25) is 0 Å². The van der Waals surface area contributed by atoms with E-state index in [2.05, 4.69) is 15.0 Å². The summed E-state index contributed by atoms with van der Waals surface area (Å²) in [6.45, 7) is 2.10. The van der Waals surface area contributed by atoms with Crippen molar-refractivity contribution < 1.29 is 32.0 Å². The van der Waals surface area contributed by atoms with Gasteiger partial charge in [-0.05, 0) is 49.4 Å². The van der Waals surface area contributed by atoms with E-state index >= 15 is 0 Å². The number of carbonyl (C=O) groups excluding carboxylic acids is 1. The maximum atomic E-state index is 12.9. The molecule has 3 aromatic carbocycles. The Labute approximate surface area is 221 Å². The molecule has 1 amide bonds. The summed E-state index contributed by atoms with van der Waals surface area (Å²) in [6, 6.07) is 14.9. The van der Waals surface area contributed by atoms with Gasteiger partial charge in [0.25, 0.3) is 20.9 Å². The molecule has 0 aliphatic carbocycles. The molecule has 198 valence electrons. The Morgan fingerprint density at radius 2 is 1.92 bits per heavy atom. The zero-order chi connectivity index (χ0) is 27.3. The largest absolute Gasteiger partial charge is 0.495 e. The number of hydrogen-bond donors (Lipinski definition) is 2. The maximum Gasteiger partial charge on any atom is 0.296 e. The van der Waals surface area contributed by atoms with Gasteiger partial charge in [0, 0.05) is 0 Å². The molecule has 4 rings (SSSR count). The SMILES string of the molecule is CCOc1ccc(NC(=O)CSc2nc3cc(S(=O)(=O)Nc4ccccc4OC)ccc3o2)c([N+](=O)[O-])c1. The quantitative estimate of drug-likeness (QED) is 0.150. The predicted octanol–water partition coefficient (Wildman–Crippen LogP) is 4.67. The number of thioether (sulfide) groups is 1. The minimum atomic E-state index is -3.95. The highest BCUT2D eigenvalue weighted by Gasteiger charge is 2.20. The number of nitrogens with one attached hydrogen (secondary N) is 2. The van der Waals surface area contributed by atoms with Gasteiger partial charge in [0.2, 0.25) is 5.91 Å². The van der Waals surface area contributed by atoms with Gasteiger partial charge in [-0.15, -0.1) is 0 Å². The van der Waals surface area contributed by atoms with Crippen molar-refractivity contribution in [1.82, 2.24) is 4.98 Å². The van der Waals surface area contributed by atoms with Gasteiger partial charge in [-0.25, -0.2) is 13.4 Å². The molecule has 38 heavy (non-hydrogen) atoms. The number of para-hydroxylation sites is 2. The van der Waals surface area contributed by atoms with Gasteiger partial charge in [-0.3, -0.25) is 19.6 Å². The standard InChI is InChI=1S/C24H22N4O8S2/c1-3-35-15-8-10-17(20(12-15)28(30)31)25-23(29)14-37-24-26-19-13-16(9-11-22(19)36-24)38(32,33)27-18-6-4-5-7-21(18)34-2/h4-13,27H,3,14H2,1-2H3,(H,25,29). The van der Waals surface area contributed by atoms with E-state index in [4.69, 9.17) is 13.9 Å². The van der Waals surface area contributed by atoms with Crippen LogP contribution in [0.4, 0.5) is 17.1 Å². The summed E-state index contributed by atoms with van der Waals surface area (Å²) >= 11 is 0.954. The summed E-state index contributed by atoms with van der Waals surface area (Å²) in [4.78, 5) is 27.4. The van der Waals surface area contributed by atoms with Crippen LogP contribution in [-0.4, -0.2) is 43.7 Å². The van der Waals surface area contributed by atoms with E-state index in [1.54, 1.807) is 31.2 Å². The molecule has 12 nitrogen and oxygen atoms in total. The fourth-order valence-electron chi connectivity index (χ4n) is 3.39. The molecule has 0 bridgehead atoms. The predicted molar refractivity (Wildman–Crippen MR) is 141 cm³/mol. The van der Waals surface area contributed by atoms with Gasteiger partial charge in [0.05, 0.1) is 41.0 Å². The van der Waals surface area contributed by atoms with E-state index < -0.39 is 20.9 Å². The number of benzene rings is 3. The zero-order valence-corrected chi connectivity index (χ0v) is 21.8. The van der Waals surface area contributed by atoms with E-state index in [-0.39, 0.29) is 38.4 Å². The number of aromatic nitrogens is 1. The third-order valence-electron chi connectivity index (χ3n) is 5.08. The van der Waals surface area contributed by atoms with Crippen molar-refractivity contribution in [1.29, 1.82) is 0 Å². The molecule has 0 aliphatic heterocycles. The van der Waals surface area contributed by atoms with E-state index in [9.17, 15) is 23.3 Å². The van der Waals surface area contributed by atoms with Crippen LogP contribution >= 0.6 is 11.8 Å². The normalized spacial score (nSPS) is 11.2. The fraction of sp³-hybridized carbons (Fsp3) is 0.167. The van der Waals surface area contributed by atoms with Crippen LogP contribution in [0.5, 0.6) is 11.5 Å². The number of ether oxygens (including phenoxy) is 2. The number of nitro benzene ring substituents is 1. The molecule has 0 aliphatic rings. The summed E-state index contributed by atoms with van der Waals surface area (Å²) in [6.07, 6.45) is 0. The number of sulfonamides is 1. The summed E-state index contributed by atoms with van der Waals surface area (Å²) in [5.74, 6) is 0.00925. The molecule has 0 unspecified atom stereocenters. The highest BCUT2D eigenvalue weighted by molar-refractivity contribution is 7.99. The van der Waals surface area contributed by atoms with Crippen LogP contribution in [0, 0.1) is 10.1 Å². The summed E-state index contributed by atoms with van der Waals surface area (Å²) in [5, 5.41) is 14.0. The number of carbonyl (C=O) groups is 1. The lowest BCUT2D eigenvalue weighted by molar-refractivity contribution is -0.384. The minimum Gasteiger partial charge on any atom is -0.495 e. The third-order valence-corrected chi connectivity index (χ3v) is 7.27. The molecule has 1 heterocycles. The average molecular weight is 559 g/mol. The lowest BCUT2D eigenvalue weighted by Crippen LogP contribution is -2.15. The van der Waals surface area contributed by atoms with Gasteiger partial charge < -0.3 is 19.2 Å². The van der Waals surface area contributed by atoms with Gasteiger partial charge in [-0.1, -0.05) is 23.9 Å². The second kappa shape index (κ2) is 11.4. The molecular weight excluding hydrogens is 536 g/mol. The maximum absolute atomic E-state index is 12.9. The van der Waals surface area contributed by atoms with Crippen LogP contribution < -0.4 is 19.5 Å². The third kappa shape index (κ3) is 6.15.